The maximum absolute atomic E-state index is 3.99. The summed E-state index contributed by atoms with van der Waals surface area (Å²) < 4.78 is 2.28. The largest absolute Gasteiger partial charge is 1.00 e. The highest BCUT2D eigenvalue weighted by molar-refractivity contribution is 5.45. The minimum absolute atomic E-state index is 0. The molecule has 0 unspecified atom stereocenters. The zero-order valence-electron chi connectivity index (χ0n) is 16.6. The van der Waals surface area contributed by atoms with Crippen molar-refractivity contribution in [3.8, 4) is 0 Å². The van der Waals surface area contributed by atoms with Gasteiger partial charge in [0.05, 0.1) is 0 Å². The highest BCUT2D eigenvalue weighted by atomic mass is 127. The van der Waals surface area contributed by atoms with Gasteiger partial charge >= 0.3 is 0 Å². The highest BCUT2D eigenvalue weighted by Crippen LogP contribution is 2.18. The maximum atomic E-state index is 3.99. The molecule has 0 aromatic carbocycles. The summed E-state index contributed by atoms with van der Waals surface area (Å²) in [5, 5.41) is 0. The van der Waals surface area contributed by atoms with E-state index in [-0.39, 0.29) is 24.0 Å². The maximum Gasteiger partial charge on any atom is 0.170 e. The third-order valence-electron chi connectivity index (χ3n) is 5.25. The Morgan fingerprint density at radius 2 is 1.30 bits per heavy atom. The number of aryl methyl sites for hydroxylation is 1. The van der Waals surface area contributed by atoms with E-state index in [1.807, 2.05) is 12.4 Å². The SMILES string of the molecule is CCCC[n+]1ccc(N2CCCC2)cc1.[I-].c1cc(N2CCCC2)ccn1. The van der Waals surface area contributed by atoms with E-state index >= 15 is 0 Å². The van der Waals surface area contributed by atoms with Gasteiger partial charge in [0.1, 0.15) is 6.54 Å². The lowest BCUT2D eigenvalue weighted by atomic mass is 10.3. The Hall–Kier alpha value is -1.37. The number of nitrogens with zero attached hydrogens (tertiary/aromatic N) is 4. The molecule has 2 aromatic rings. The fourth-order valence-corrected chi connectivity index (χ4v) is 3.66. The standard InChI is InChI=1S/C13H21N2.C9H12N2.HI/c1-2-3-8-14-11-6-13(7-12-14)15-9-4-5-10-15;1-2-8-11(7-1)9-3-5-10-6-4-9;/h6-7,11-12H,2-5,8-10H2,1H3;3-6H,1-2,7-8H2;1H/q+1;;/p-1. The van der Waals surface area contributed by atoms with Gasteiger partial charge in [-0.05, 0) is 37.8 Å². The van der Waals surface area contributed by atoms with E-state index in [0.717, 1.165) is 6.54 Å². The van der Waals surface area contributed by atoms with Crippen LogP contribution in [0.25, 0.3) is 0 Å². The van der Waals surface area contributed by atoms with Crippen LogP contribution in [-0.2, 0) is 6.54 Å². The fourth-order valence-electron chi connectivity index (χ4n) is 3.66. The van der Waals surface area contributed by atoms with Crippen LogP contribution in [0.5, 0.6) is 0 Å². The predicted molar refractivity (Wildman–Crippen MR) is 109 cm³/mol. The van der Waals surface area contributed by atoms with Gasteiger partial charge in [0.15, 0.2) is 12.4 Å². The van der Waals surface area contributed by atoms with Crippen LogP contribution in [0.3, 0.4) is 0 Å². The molecule has 2 aliphatic rings. The van der Waals surface area contributed by atoms with Gasteiger partial charge in [0.25, 0.3) is 0 Å². The quantitative estimate of drug-likeness (QED) is 0.473. The van der Waals surface area contributed by atoms with E-state index < -0.39 is 0 Å². The molecule has 0 saturated carbocycles. The van der Waals surface area contributed by atoms with Crippen molar-refractivity contribution in [3.63, 3.8) is 0 Å². The lowest BCUT2D eigenvalue weighted by Crippen LogP contribution is -3.00. The molecular formula is C22H33IN4. The molecule has 2 fully saturated rings. The first-order valence-electron chi connectivity index (χ1n) is 10.3. The van der Waals surface area contributed by atoms with Crippen molar-refractivity contribution in [3.05, 3.63) is 49.1 Å². The Bertz CT molecular complexity index is 621. The number of pyridine rings is 2. The van der Waals surface area contributed by atoms with E-state index in [4.69, 9.17) is 0 Å². The van der Waals surface area contributed by atoms with Gasteiger partial charge in [-0.1, -0.05) is 13.3 Å². The van der Waals surface area contributed by atoms with Gasteiger partial charge < -0.3 is 33.8 Å². The molecule has 0 aliphatic carbocycles. The number of hydrogen-bond acceptors (Lipinski definition) is 3. The Morgan fingerprint density at radius 3 is 1.78 bits per heavy atom. The second-order valence-corrected chi connectivity index (χ2v) is 7.24. The second kappa shape index (κ2) is 12.2. The Morgan fingerprint density at radius 1 is 0.815 bits per heavy atom. The average Bonchev–Trinajstić information content (AvgIpc) is 3.42. The first kappa shape index (κ1) is 21.9. The van der Waals surface area contributed by atoms with E-state index in [9.17, 15) is 0 Å². The van der Waals surface area contributed by atoms with Crippen molar-refractivity contribution in [1.82, 2.24) is 4.98 Å². The minimum atomic E-state index is 0. The topological polar surface area (TPSA) is 23.2 Å². The summed E-state index contributed by atoms with van der Waals surface area (Å²) in [4.78, 5) is 8.87. The van der Waals surface area contributed by atoms with Crippen LogP contribution in [0.4, 0.5) is 11.4 Å². The lowest BCUT2D eigenvalue weighted by molar-refractivity contribution is -0.697. The van der Waals surface area contributed by atoms with Crippen LogP contribution in [0.1, 0.15) is 45.4 Å². The van der Waals surface area contributed by atoms with E-state index in [1.54, 1.807) is 0 Å². The van der Waals surface area contributed by atoms with Crippen LogP contribution in [0.15, 0.2) is 49.1 Å². The fraction of sp³-hybridized carbons (Fsp3) is 0.545. The molecule has 2 aromatic heterocycles. The number of halogens is 1. The van der Waals surface area contributed by atoms with Crippen molar-refractivity contribution in [1.29, 1.82) is 0 Å². The molecule has 4 nitrogen and oxygen atoms in total. The van der Waals surface area contributed by atoms with Crippen molar-refractivity contribution in [2.24, 2.45) is 0 Å². The molecule has 2 aliphatic heterocycles. The third kappa shape index (κ3) is 6.94. The predicted octanol–water partition coefficient (Wildman–Crippen LogP) is 1.06. The molecule has 2 saturated heterocycles. The summed E-state index contributed by atoms with van der Waals surface area (Å²) in [5.41, 5.74) is 2.71. The first-order valence-corrected chi connectivity index (χ1v) is 10.3. The normalized spacial score (nSPS) is 15.9. The lowest BCUT2D eigenvalue weighted by Gasteiger charge is -2.16. The van der Waals surface area contributed by atoms with Gasteiger partial charge in [0, 0.05) is 68.5 Å². The molecule has 27 heavy (non-hydrogen) atoms. The Kier molecular flexibility index (Phi) is 9.87. The summed E-state index contributed by atoms with van der Waals surface area (Å²) >= 11 is 0. The third-order valence-corrected chi connectivity index (χ3v) is 5.25. The summed E-state index contributed by atoms with van der Waals surface area (Å²) in [6.45, 7) is 8.28. The molecule has 0 spiro atoms. The molecule has 148 valence electrons. The minimum Gasteiger partial charge on any atom is -1.00 e. The monoisotopic (exact) mass is 480 g/mol. The Labute approximate surface area is 181 Å². The van der Waals surface area contributed by atoms with Gasteiger partial charge in [-0.15, -0.1) is 0 Å². The van der Waals surface area contributed by atoms with Gasteiger partial charge in [-0.25, -0.2) is 4.57 Å². The summed E-state index contributed by atoms with van der Waals surface area (Å²) in [5.74, 6) is 0. The highest BCUT2D eigenvalue weighted by Gasteiger charge is 2.13. The molecule has 5 heteroatoms. The van der Waals surface area contributed by atoms with Crippen LogP contribution in [0, 0.1) is 0 Å². The average molecular weight is 480 g/mol. The van der Waals surface area contributed by atoms with Crippen molar-refractivity contribution in [2.45, 2.75) is 52.0 Å². The molecule has 0 atom stereocenters. The second-order valence-electron chi connectivity index (χ2n) is 7.24. The van der Waals surface area contributed by atoms with E-state index in [0.29, 0.717) is 0 Å². The molecule has 0 N–H and O–H groups in total. The van der Waals surface area contributed by atoms with Crippen molar-refractivity contribution in [2.75, 3.05) is 36.0 Å². The molecular weight excluding hydrogens is 447 g/mol. The molecule has 4 rings (SSSR count). The zero-order chi connectivity index (χ0) is 18.0. The molecule has 0 amide bonds. The number of unbranched alkanes of at least 4 members (excludes halogenated alkanes) is 1. The van der Waals surface area contributed by atoms with Crippen LogP contribution in [0.2, 0.25) is 0 Å². The number of aromatic nitrogens is 2. The molecule has 0 bridgehead atoms. The number of anilines is 2. The smallest absolute Gasteiger partial charge is 0.170 e. The Balaban J connectivity index is 0.000000194. The van der Waals surface area contributed by atoms with Crippen LogP contribution in [-0.4, -0.2) is 31.2 Å². The number of hydrogen-bond donors (Lipinski definition) is 0. The van der Waals surface area contributed by atoms with Crippen LogP contribution < -0.4 is 38.3 Å². The van der Waals surface area contributed by atoms with Crippen LogP contribution >= 0.6 is 0 Å². The van der Waals surface area contributed by atoms with Crippen molar-refractivity contribution < 1.29 is 28.5 Å². The van der Waals surface area contributed by atoms with Crippen molar-refractivity contribution >= 4 is 11.4 Å². The van der Waals surface area contributed by atoms with Gasteiger partial charge in [-0.2, -0.15) is 0 Å². The first-order chi connectivity index (χ1) is 12.9. The number of rotatable bonds is 5. The summed E-state index contributed by atoms with van der Waals surface area (Å²) in [6.07, 6.45) is 16.0. The van der Waals surface area contributed by atoms with E-state index in [1.165, 1.54) is 76.1 Å². The zero-order valence-corrected chi connectivity index (χ0v) is 18.7. The molecule has 4 heterocycles. The summed E-state index contributed by atoms with van der Waals surface area (Å²) in [7, 11) is 0. The summed E-state index contributed by atoms with van der Waals surface area (Å²) in [6, 6.07) is 8.65. The van der Waals surface area contributed by atoms with E-state index in [2.05, 4.69) is 62.9 Å². The van der Waals surface area contributed by atoms with Gasteiger partial charge in [-0.3, -0.25) is 4.98 Å². The molecule has 0 radical (unpaired) electrons. The van der Waals surface area contributed by atoms with Gasteiger partial charge in [0.2, 0.25) is 0 Å².